The minimum Gasteiger partial charge on any atom is -0.476 e. The predicted octanol–water partition coefficient (Wildman–Crippen LogP) is 1.73. The third kappa shape index (κ3) is 1.38. The van der Waals surface area contributed by atoms with Crippen molar-refractivity contribution in [2.75, 3.05) is 0 Å². The van der Waals surface area contributed by atoms with Crippen LogP contribution in [0.4, 0.5) is 0 Å². The number of carboxylic acid groups (broad SMARTS) is 1. The lowest BCUT2D eigenvalue weighted by atomic mass is 10.1. The Hall–Kier alpha value is -2.17. The Bertz CT molecular complexity index is 508. The largest absolute Gasteiger partial charge is 0.476 e. The molecule has 0 aliphatic carbocycles. The molecular formula is C10H7NO4. The van der Waals surface area contributed by atoms with Crippen LogP contribution < -0.4 is 0 Å². The first-order valence-corrected chi connectivity index (χ1v) is 4.21. The summed E-state index contributed by atoms with van der Waals surface area (Å²) < 4.78 is 5.01. The maximum atomic E-state index is 11.2. The van der Waals surface area contributed by atoms with Crippen LogP contribution in [0.15, 0.2) is 22.9 Å². The molecule has 0 aliphatic rings. The van der Waals surface area contributed by atoms with Crippen LogP contribution in [0.3, 0.4) is 0 Å². The van der Waals surface area contributed by atoms with E-state index in [0.29, 0.717) is 10.9 Å². The molecule has 2 aromatic heterocycles. The minimum absolute atomic E-state index is 0.134. The number of ketones is 1. The summed E-state index contributed by atoms with van der Waals surface area (Å²) in [5.74, 6) is -1.35. The Morgan fingerprint density at radius 2 is 2.20 bits per heavy atom. The standard InChI is InChI=1S/C10H7NO4/c1-5(12)7-4-11-8(10(13)14)9-6(7)2-3-15-9/h2-4H,1H3,(H,13,14). The van der Waals surface area contributed by atoms with E-state index in [1.165, 1.54) is 19.4 Å². The van der Waals surface area contributed by atoms with Gasteiger partial charge in [0, 0.05) is 17.1 Å². The molecule has 0 fully saturated rings. The zero-order valence-electron chi connectivity index (χ0n) is 7.85. The highest BCUT2D eigenvalue weighted by molar-refractivity contribution is 6.09. The van der Waals surface area contributed by atoms with E-state index in [9.17, 15) is 9.59 Å². The third-order valence-corrected chi connectivity index (χ3v) is 2.08. The van der Waals surface area contributed by atoms with Gasteiger partial charge in [0.2, 0.25) is 0 Å². The zero-order valence-corrected chi connectivity index (χ0v) is 7.85. The van der Waals surface area contributed by atoms with Crippen molar-refractivity contribution in [2.45, 2.75) is 6.92 Å². The van der Waals surface area contributed by atoms with Gasteiger partial charge in [-0.2, -0.15) is 0 Å². The predicted molar refractivity (Wildman–Crippen MR) is 51.0 cm³/mol. The van der Waals surface area contributed by atoms with Gasteiger partial charge in [0.15, 0.2) is 17.1 Å². The average molecular weight is 205 g/mol. The fraction of sp³-hybridized carbons (Fsp3) is 0.100. The van der Waals surface area contributed by atoms with Crippen molar-refractivity contribution >= 4 is 22.7 Å². The van der Waals surface area contributed by atoms with Crippen molar-refractivity contribution in [3.8, 4) is 0 Å². The van der Waals surface area contributed by atoms with Crippen LogP contribution in [0.25, 0.3) is 11.0 Å². The summed E-state index contributed by atoms with van der Waals surface area (Å²) in [4.78, 5) is 25.7. The molecule has 76 valence electrons. The topological polar surface area (TPSA) is 80.4 Å². The van der Waals surface area contributed by atoms with Gasteiger partial charge in [-0.15, -0.1) is 0 Å². The van der Waals surface area contributed by atoms with E-state index in [0.717, 1.165) is 0 Å². The summed E-state index contributed by atoms with van der Waals surface area (Å²) in [6.07, 6.45) is 2.59. The van der Waals surface area contributed by atoms with E-state index in [1.807, 2.05) is 0 Å². The SMILES string of the molecule is CC(=O)c1cnc(C(=O)O)c2occc12. The molecule has 0 aliphatic heterocycles. The molecule has 5 heteroatoms. The van der Waals surface area contributed by atoms with Crippen molar-refractivity contribution in [1.82, 2.24) is 4.98 Å². The lowest BCUT2D eigenvalue weighted by Crippen LogP contribution is -2.03. The molecule has 0 radical (unpaired) electrons. The number of hydrogen-bond donors (Lipinski definition) is 1. The number of aromatic carboxylic acids is 1. The van der Waals surface area contributed by atoms with Crippen LogP contribution in [0.2, 0.25) is 0 Å². The number of carbonyl (C=O) groups is 2. The van der Waals surface area contributed by atoms with Crippen molar-refractivity contribution < 1.29 is 19.1 Å². The second-order valence-electron chi connectivity index (χ2n) is 3.05. The van der Waals surface area contributed by atoms with Gasteiger partial charge in [0.25, 0.3) is 0 Å². The Morgan fingerprint density at radius 1 is 1.47 bits per heavy atom. The summed E-state index contributed by atoms with van der Waals surface area (Å²) in [6, 6.07) is 1.56. The first-order valence-electron chi connectivity index (χ1n) is 4.21. The minimum atomic E-state index is -1.18. The summed E-state index contributed by atoms with van der Waals surface area (Å²) in [7, 11) is 0. The summed E-state index contributed by atoms with van der Waals surface area (Å²) in [6.45, 7) is 1.39. The van der Waals surface area contributed by atoms with Crippen LogP contribution in [0.1, 0.15) is 27.8 Å². The second-order valence-corrected chi connectivity index (χ2v) is 3.05. The molecule has 0 amide bonds. The zero-order chi connectivity index (χ0) is 11.0. The number of carbonyl (C=O) groups excluding carboxylic acids is 1. The quantitative estimate of drug-likeness (QED) is 0.755. The van der Waals surface area contributed by atoms with Crippen molar-refractivity contribution in [2.24, 2.45) is 0 Å². The molecule has 5 nitrogen and oxygen atoms in total. The van der Waals surface area contributed by atoms with Gasteiger partial charge < -0.3 is 9.52 Å². The van der Waals surface area contributed by atoms with Gasteiger partial charge in [0.05, 0.1) is 6.26 Å². The number of Topliss-reactive ketones (excluding diaryl/α,β-unsaturated/α-hetero) is 1. The number of aromatic nitrogens is 1. The van der Waals surface area contributed by atoms with Crippen LogP contribution >= 0.6 is 0 Å². The van der Waals surface area contributed by atoms with Gasteiger partial charge in [-0.3, -0.25) is 4.79 Å². The lowest BCUT2D eigenvalue weighted by molar-refractivity contribution is 0.0691. The molecule has 0 spiro atoms. The van der Waals surface area contributed by atoms with Crippen LogP contribution in [0.5, 0.6) is 0 Å². The summed E-state index contributed by atoms with van der Waals surface area (Å²) >= 11 is 0. The van der Waals surface area contributed by atoms with Gasteiger partial charge >= 0.3 is 5.97 Å². The average Bonchev–Trinajstić information content (AvgIpc) is 2.63. The summed E-state index contributed by atoms with van der Waals surface area (Å²) in [5, 5.41) is 9.30. The third-order valence-electron chi connectivity index (χ3n) is 2.08. The van der Waals surface area contributed by atoms with Crippen molar-refractivity contribution in [3.63, 3.8) is 0 Å². The number of pyridine rings is 1. The molecule has 0 bridgehead atoms. The van der Waals surface area contributed by atoms with E-state index < -0.39 is 5.97 Å². The molecule has 2 heterocycles. The number of carboxylic acids is 1. The number of fused-ring (bicyclic) bond motifs is 1. The fourth-order valence-electron chi connectivity index (χ4n) is 1.39. The van der Waals surface area contributed by atoms with Crippen molar-refractivity contribution in [1.29, 1.82) is 0 Å². The van der Waals surface area contributed by atoms with E-state index in [1.54, 1.807) is 6.07 Å². The monoisotopic (exact) mass is 205 g/mol. The number of furan rings is 1. The molecule has 0 saturated carbocycles. The van der Waals surface area contributed by atoms with Gasteiger partial charge in [-0.1, -0.05) is 0 Å². The Balaban J connectivity index is 2.82. The number of nitrogens with zero attached hydrogens (tertiary/aromatic N) is 1. The van der Waals surface area contributed by atoms with Crippen molar-refractivity contribution in [3.05, 3.63) is 29.8 Å². The maximum absolute atomic E-state index is 11.2. The van der Waals surface area contributed by atoms with Crippen LogP contribution in [-0.4, -0.2) is 21.8 Å². The van der Waals surface area contributed by atoms with Gasteiger partial charge in [-0.25, -0.2) is 9.78 Å². The number of hydrogen-bond acceptors (Lipinski definition) is 4. The molecule has 0 aromatic carbocycles. The molecule has 2 aromatic rings. The molecule has 1 N–H and O–H groups in total. The Kier molecular flexibility index (Phi) is 2.00. The number of rotatable bonds is 2. The molecule has 15 heavy (non-hydrogen) atoms. The van der Waals surface area contributed by atoms with Crippen LogP contribution in [-0.2, 0) is 0 Å². The van der Waals surface area contributed by atoms with Gasteiger partial charge in [-0.05, 0) is 13.0 Å². The molecule has 0 atom stereocenters. The highest BCUT2D eigenvalue weighted by atomic mass is 16.4. The summed E-state index contributed by atoms with van der Waals surface area (Å²) in [5.41, 5.74) is 0.318. The lowest BCUT2D eigenvalue weighted by Gasteiger charge is -1.99. The van der Waals surface area contributed by atoms with E-state index in [2.05, 4.69) is 4.98 Å². The molecule has 2 rings (SSSR count). The second kappa shape index (κ2) is 3.20. The first-order chi connectivity index (χ1) is 7.11. The smallest absolute Gasteiger partial charge is 0.358 e. The van der Waals surface area contributed by atoms with Crippen LogP contribution in [0, 0.1) is 0 Å². The van der Waals surface area contributed by atoms with E-state index >= 15 is 0 Å². The molecular weight excluding hydrogens is 198 g/mol. The maximum Gasteiger partial charge on any atom is 0.358 e. The normalized spacial score (nSPS) is 10.5. The Labute approximate surface area is 84.3 Å². The molecule has 0 saturated heterocycles. The highest BCUT2D eigenvalue weighted by Gasteiger charge is 2.17. The van der Waals surface area contributed by atoms with Gasteiger partial charge in [0.1, 0.15) is 0 Å². The fourth-order valence-corrected chi connectivity index (χ4v) is 1.39. The highest BCUT2D eigenvalue weighted by Crippen LogP contribution is 2.22. The molecule has 0 unspecified atom stereocenters. The van der Waals surface area contributed by atoms with E-state index in [-0.39, 0.29) is 17.1 Å². The first kappa shape index (κ1) is 9.39. The Morgan fingerprint density at radius 3 is 2.80 bits per heavy atom. The van der Waals surface area contributed by atoms with E-state index in [4.69, 9.17) is 9.52 Å².